The Balaban J connectivity index is 2.14. The fourth-order valence-corrected chi connectivity index (χ4v) is 2.99. The van der Waals surface area contributed by atoms with Crippen LogP contribution in [-0.4, -0.2) is 16.6 Å². The molecule has 1 amide bonds. The topological polar surface area (TPSA) is 73.1 Å². The Bertz CT molecular complexity index is 572. The molecule has 2 N–H and O–H groups in total. The molecule has 0 radical (unpaired) electrons. The summed E-state index contributed by atoms with van der Waals surface area (Å²) in [4.78, 5) is 12.3. The molecule has 0 atom stereocenters. The van der Waals surface area contributed by atoms with Crippen molar-refractivity contribution in [2.45, 2.75) is 44.6 Å². The van der Waals surface area contributed by atoms with Crippen molar-refractivity contribution in [2.75, 3.05) is 0 Å². The summed E-state index contributed by atoms with van der Waals surface area (Å²) in [6.07, 6.45) is 4.27. The van der Waals surface area contributed by atoms with E-state index in [1.165, 1.54) is 18.2 Å². The zero-order valence-electron chi connectivity index (χ0n) is 12.0. The van der Waals surface area contributed by atoms with E-state index in [1.54, 1.807) is 0 Å². The summed E-state index contributed by atoms with van der Waals surface area (Å²) < 4.78 is 0. The van der Waals surface area contributed by atoms with Gasteiger partial charge in [0.15, 0.2) is 0 Å². The highest BCUT2D eigenvalue weighted by Gasteiger charge is 2.36. The molecule has 0 heterocycles. The van der Waals surface area contributed by atoms with Crippen molar-refractivity contribution in [1.82, 2.24) is 5.32 Å². The van der Waals surface area contributed by atoms with Crippen LogP contribution in [0, 0.1) is 17.2 Å². The number of rotatable bonds is 3. The van der Waals surface area contributed by atoms with E-state index in [2.05, 4.69) is 18.3 Å². The monoisotopic (exact) mass is 306 g/mol. The van der Waals surface area contributed by atoms with Crippen molar-refractivity contribution in [3.8, 4) is 11.8 Å². The molecule has 2 rings (SSSR count). The fraction of sp³-hybridized carbons (Fsp3) is 0.500. The number of phenols is 1. The van der Waals surface area contributed by atoms with Gasteiger partial charge in [-0.3, -0.25) is 4.79 Å². The highest BCUT2D eigenvalue weighted by atomic mass is 35.5. The molecule has 0 saturated heterocycles. The predicted octanol–water partition coefficient (Wildman–Crippen LogP) is 3.64. The Morgan fingerprint density at radius 3 is 2.76 bits per heavy atom. The molecule has 0 spiro atoms. The molecule has 0 aliphatic heterocycles. The van der Waals surface area contributed by atoms with Gasteiger partial charge in [-0.15, -0.1) is 0 Å². The normalized spacial score (nSPS) is 25.1. The van der Waals surface area contributed by atoms with Gasteiger partial charge in [0, 0.05) is 5.02 Å². The minimum Gasteiger partial charge on any atom is -0.507 e. The number of nitriles is 1. The van der Waals surface area contributed by atoms with E-state index in [9.17, 15) is 15.2 Å². The fourth-order valence-electron chi connectivity index (χ4n) is 2.82. The summed E-state index contributed by atoms with van der Waals surface area (Å²) >= 11 is 5.85. The van der Waals surface area contributed by atoms with E-state index in [0.717, 1.165) is 19.3 Å². The Kier molecular flexibility index (Phi) is 4.74. The maximum atomic E-state index is 12.3. The van der Waals surface area contributed by atoms with Crippen molar-refractivity contribution >= 4 is 17.5 Å². The third kappa shape index (κ3) is 3.48. The van der Waals surface area contributed by atoms with Gasteiger partial charge in [-0.1, -0.05) is 24.9 Å². The predicted molar refractivity (Wildman–Crippen MR) is 81.2 cm³/mol. The molecule has 1 saturated carbocycles. The van der Waals surface area contributed by atoms with Crippen molar-refractivity contribution in [2.24, 2.45) is 5.92 Å². The third-order valence-electron chi connectivity index (χ3n) is 4.31. The van der Waals surface area contributed by atoms with E-state index in [1.807, 2.05) is 0 Å². The van der Waals surface area contributed by atoms with E-state index in [-0.39, 0.29) is 11.3 Å². The molecular formula is C16H19ClN2O2. The van der Waals surface area contributed by atoms with Gasteiger partial charge < -0.3 is 10.4 Å². The molecule has 1 aliphatic rings. The Hall–Kier alpha value is -1.73. The number of halogens is 1. The number of benzene rings is 1. The third-order valence-corrected chi connectivity index (χ3v) is 4.54. The highest BCUT2D eigenvalue weighted by Crippen LogP contribution is 2.34. The van der Waals surface area contributed by atoms with Crippen LogP contribution in [0.2, 0.25) is 5.02 Å². The second-order valence-corrected chi connectivity index (χ2v) is 6.10. The molecule has 1 aromatic rings. The Labute approximate surface area is 129 Å². The molecule has 0 aromatic heterocycles. The van der Waals surface area contributed by atoms with Gasteiger partial charge in [-0.05, 0) is 49.8 Å². The lowest BCUT2D eigenvalue weighted by atomic mass is 9.76. The van der Waals surface area contributed by atoms with Gasteiger partial charge in [0.25, 0.3) is 5.91 Å². The first-order valence-electron chi connectivity index (χ1n) is 7.22. The van der Waals surface area contributed by atoms with E-state index in [4.69, 9.17) is 11.6 Å². The van der Waals surface area contributed by atoms with Crippen LogP contribution < -0.4 is 5.32 Å². The zero-order valence-corrected chi connectivity index (χ0v) is 12.8. The standard InChI is InChI=1S/C16H19ClN2O2/c1-2-11-5-7-16(10-18,8-6-11)19-15(21)13-9-12(17)3-4-14(13)20/h3-4,9,11,20H,2,5-8H2,1H3,(H,19,21). The van der Waals surface area contributed by atoms with E-state index < -0.39 is 11.4 Å². The molecule has 1 fully saturated rings. The van der Waals surface area contributed by atoms with Gasteiger partial charge in [0.1, 0.15) is 11.3 Å². The van der Waals surface area contributed by atoms with Crippen LogP contribution in [-0.2, 0) is 0 Å². The number of phenolic OH excluding ortho intramolecular Hbond substituents is 1. The molecule has 112 valence electrons. The number of hydrogen-bond donors (Lipinski definition) is 2. The largest absolute Gasteiger partial charge is 0.507 e. The maximum Gasteiger partial charge on any atom is 0.256 e. The van der Waals surface area contributed by atoms with Gasteiger partial charge >= 0.3 is 0 Å². The number of carbonyl (C=O) groups is 1. The van der Waals surface area contributed by atoms with Gasteiger partial charge in [0.05, 0.1) is 11.6 Å². The van der Waals surface area contributed by atoms with Crippen molar-refractivity contribution < 1.29 is 9.90 Å². The van der Waals surface area contributed by atoms with Crippen molar-refractivity contribution in [3.63, 3.8) is 0 Å². The molecule has 1 aliphatic carbocycles. The summed E-state index contributed by atoms with van der Waals surface area (Å²) in [5.41, 5.74) is -0.730. The smallest absolute Gasteiger partial charge is 0.256 e. The first-order chi connectivity index (χ1) is 9.99. The molecule has 0 bridgehead atoms. The molecule has 1 aromatic carbocycles. The van der Waals surface area contributed by atoms with Crippen LogP contribution in [0.25, 0.3) is 0 Å². The summed E-state index contributed by atoms with van der Waals surface area (Å²) in [6.45, 7) is 2.15. The summed E-state index contributed by atoms with van der Waals surface area (Å²) in [5, 5.41) is 22.4. The van der Waals surface area contributed by atoms with Gasteiger partial charge in [-0.2, -0.15) is 5.26 Å². The maximum absolute atomic E-state index is 12.3. The number of nitrogens with zero attached hydrogens (tertiary/aromatic N) is 1. The minimum atomic E-state index is -0.836. The average Bonchev–Trinajstić information content (AvgIpc) is 2.50. The second kappa shape index (κ2) is 6.36. The number of hydrogen-bond acceptors (Lipinski definition) is 3. The summed E-state index contributed by atoms with van der Waals surface area (Å²) in [7, 11) is 0. The van der Waals surface area contributed by atoms with Crippen molar-refractivity contribution in [1.29, 1.82) is 5.26 Å². The minimum absolute atomic E-state index is 0.106. The Morgan fingerprint density at radius 1 is 1.52 bits per heavy atom. The SMILES string of the molecule is CCC1CCC(C#N)(NC(=O)c2cc(Cl)ccc2O)CC1. The van der Waals surface area contributed by atoms with Crippen molar-refractivity contribution in [3.05, 3.63) is 28.8 Å². The van der Waals surface area contributed by atoms with Crippen LogP contribution in [0.4, 0.5) is 0 Å². The number of nitrogens with one attached hydrogen (secondary N) is 1. The van der Waals surface area contributed by atoms with Crippen LogP contribution in [0.5, 0.6) is 5.75 Å². The highest BCUT2D eigenvalue weighted by molar-refractivity contribution is 6.31. The lowest BCUT2D eigenvalue weighted by molar-refractivity contribution is 0.0888. The van der Waals surface area contributed by atoms with Crippen LogP contribution in [0.3, 0.4) is 0 Å². The molecular weight excluding hydrogens is 288 g/mol. The van der Waals surface area contributed by atoms with Crippen LogP contribution in [0.1, 0.15) is 49.4 Å². The van der Waals surface area contributed by atoms with E-state index >= 15 is 0 Å². The number of amides is 1. The van der Waals surface area contributed by atoms with Gasteiger partial charge in [-0.25, -0.2) is 0 Å². The number of aromatic hydroxyl groups is 1. The van der Waals surface area contributed by atoms with Crippen LogP contribution in [0.15, 0.2) is 18.2 Å². The molecule has 4 nitrogen and oxygen atoms in total. The molecule has 21 heavy (non-hydrogen) atoms. The van der Waals surface area contributed by atoms with Gasteiger partial charge in [0.2, 0.25) is 0 Å². The molecule has 5 heteroatoms. The molecule has 0 unspecified atom stereocenters. The summed E-state index contributed by atoms with van der Waals surface area (Å²) in [6, 6.07) is 6.56. The quantitative estimate of drug-likeness (QED) is 0.895. The first-order valence-corrected chi connectivity index (χ1v) is 7.60. The summed E-state index contributed by atoms with van der Waals surface area (Å²) in [5.74, 6) is 0.0432. The lowest BCUT2D eigenvalue weighted by Gasteiger charge is -2.35. The average molecular weight is 307 g/mol. The first kappa shape index (κ1) is 15.7. The van der Waals surface area contributed by atoms with E-state index in [0.29, 0.717) is 23.8 Å². The Morgan fingerprint density at radius 2 is 2.19 bits per heavy atom. The lowest BCUT2D eigenvalue weighted by Crippen LogP contribution is -2.49. The number of carbonyl (C=O) groups excluding carboxylic acids is 1. The van der Waals surface area contributed by atoms with Crippen LogP contribution >= 0.6 is 11.6 Å². The second-order valence-electron chi connectivity index (χ2n) is 5.66. The zero-order chi connectivity index (χ0) is 15.5.